The average molecular weight is 158 g/mol. The first-order valence-corrected chi connectivity index (χ1v) is 3.75. The van der Waals surface area contributed by atoms with Gasteiger partial charge in [-0.15, -0.1) is 0 Å². The highest BCUT2D eigenvalue weighted by Gasteiger charge is 2.00. The Labute approximate surface area is 66.7 Å². The molecular formula is C8H14O3. The van der Waals surface area contributed by atoms with Crippen LogP contribution < -0.4 is 0 Å². The summed E-state index contributed by atoms with van der Waals surface area (Å²) in [7, 11) is 0. The van der Waals surface area contributed by atoms with Crippen molar-refractivity contribution < 1.29 is 14.6 Å². The normalized spacial score (nSPS) is 9.18. The highest BCUT2D eigenvalue weighted by molar-refractivity contribution is 5.58. The molecule has 0 aliphatic rings. The van der Waals surface area contributed by atoms with Crippen molar-refractivity contribution in [1.29, 1.82) is 0 Å². The van der Waals surface area contributed by atoms with Gasteiger partial charge in [-0.05, 0) is 6.42 Å². The number of ether oxygens (including phenoxy) is 1. The standard InChI is InChI=1S/C8H14O3/c1-3-4-5-6-7(2)11-8(9)10/h2-6H2,1H3,(H,9,10). The van der Waals surface area contributed by atoms with Gasteiger partial charge in [-0.1, -0.05) is 26.3 Å². The Balaban J connectivity index is 3.30. The first-order valence-electron chi connectivity index (χ1n) is 3.75. The maximum Gasteiger partial charge on any atom is 0.510 e. The fourth-order valence-corrected chi connectivity index (χ4v) is 0.747. The van der Waals surface area contributed by atoms with Gasteiger partial charge in [0.05, 0.1) is 0 Å². The van der Waals surface area contributed by atoms with Crippen LogP contribution in [0.4, 0.5) is 4.79 Å². The van der Waals surface area contributed by atoms with Crippen LogP contribution in [0.5, 0.6) is 0 Å². The first-order chi connectivity index (χ1) is 5.16. The zero-order valence-corrected chi connectivity index (χ0v) is 6.80. The summed E-state index contributed by atoms with van der Waals surface area (Å²) in [5.74, 6) is 0.339. The molecule has 1 N–H and O–H groups in total. The summed E-state index contributed by atoms with van der Waals surface area (Å²) in [4.78, 5) is 9.96. The molecule has 64 valence electrons. The van der Waals surface area contributed by atoms with E-state index in [2.05, 4.69) is 18.2 Å². The Hall–Kier alpha value is -0.990. The van der Waals surface area contributed by atoms with Crippen molar-refractivity contribution in [3.8, 4) is 0 Å². The lowest BCUT2D eigenvalue weighted by Crippen LogP contribution is -1.98. The monoisotopic (exact) mass is 158 g/mol. The van der Waals surface area contributed by atoms with E-state index in [0.29, 0.717) is 12.2 Å². The summed E-state index contributed by atoms with van der Waals surface area (Å²) in [6.45, 7) is 5.55. The van der Waals surface area contributed by atoms with Crippen molar-refractivity contribution in [1.82, 2.24) is 0 Å². The van der Waals surface area contributed by atoms with Crippen LogP contribution in [0.2, 0.25) is 0 Å². The SMILES string of the molecule is C=C(CCCCC)OC(=O)O. The Morgan fingerprint density at radius 3 is 2.64 bits per heavy atom. The maximum atomic E-state index is 9.96. The zero-order valence-electron chi connectivity index (χ0n) is 6.80. The zero-order chi connectivity index (χ0) is 8.69. The Morgan fingerprint density at radius 1 is 1.55 bits per heavy atom. The first kappa shape index (κ1) is 10.0. The van der Waals surface area contributed by atoms with Crippen LogP contribution >= 0.6 is 0 Å². The lowest BCUT2D eigenvalue weighted by atomic mass is 10.2. The minimum Gasteiger partial charge on any atom is -0.449 e. The molecule has 0 radical (unpaired) electrons. The molecule has 0 aliphatic heterocycles. The summed E-state index contributed by atoms with van der Waals surface area (Å²) in [5.41, 5.74) is 0. The number of hydrogen-bond donors (Lipinski definition) is 1. The van der Waals surface area contributed by atoms with Gasteiger partial charge in [0.15, 0.2) is 0 Å². The second kappa shape index (κ2) is 5.77. The molecule has 0 amide bonds. The Kier molecular flexibility index (Phi) is 5.25. The van der Waals surface area contributed by atoms with Crippen LogP contribution in [0.15, 0.2) is 12.3 Å². The van der Waals surface area contributed by atoms with Crippen molar-refractivity contribution in [3.63, 3.8) is 0 Å². The number of allylic oxidation sites excluding steroid dienone is 1. The molecule has 0 bridgehead atoms. The van der Waals surface area contributed by atoms with E-state index < -0.39 is 6.16 Å². The largest absolute Gasteiger partial charge is 0.510 e. The third-order valence-electron chi connectivity index (χ3n) is 1.29. The predicted molar refractivity (Wildman–Crippen MR) is 42.4 cm³/mol. The van der Waals surface area contributed by atoms with Crippen LogP contribution in [-0.2, 0) is 4.74 Å². The van der Waals surface area contributed by atoms with Gasteiger partial charge < -0.3 is 9.84 Å². The van der Waals surface area contributed by atoms with E-state index in [4.69, 9.17) is 5.11 Å². The summed E-state index contributed by atoms with van der Waals surface area (Å²) < 4.78 is 4.32. The van der Waals surface area contributed by atoms with Crippen molar-refractivity contribution in [2.45, 2.75) is 32.6 Å². The lowest BCUT2D eigenvalue weighted by Gasteiger charge is -2.01. The molecule has 0 heterocycles. The molecule has 0 rings (SSSR count). The van der Waals surface area contributed by atoms with E-state index >= 15 is 0 Å². The van der Waals surface area contributed by atoms with Crippen molar-refractivity contribution in [2.75, 3.05) is 0 Å². The van der Waals surface area contributed by atoms with Gasteiger partial charge in [0.1, 0.15) is 5.76 Å². The van der Waals surface area contributed by atoms with Crippen molar-refractivity contribution >= 4 is 6.16 Å². The number of unbranched alkanes of at least 4 members (excludes halogenated alkanes) is 2. The van der Waals surface area contributed by atoms with Crippen molar-refractivity contribution in [3.05, 3.63) is 12.3 Å². The third-order valence-corrected chi connectivity index (χ3v) is 1.29. The number of carboxylic acid groups (broad SMARTS) is 1. The van der Waals surface area contributed by atoms with Crippen LogP contribution in [0, 0.1) is 0 Å². The average Bonchev–Trinajstić information content (AvgIpc) is 1.86. The molecular weight excluding hydrogens is 144 g/mol. The van der Waals surface area contributed by atoms with E-state index in [0.717, 1.165) is 19.3 Å². The molecule has 0 saturated carbocycles. The molecule has 3 heteroatoms. The van der Waals surface area contributed by atoms with Gasteiger partial charge in [0, 0.05) is 6.42 Å². The lowest BCUT2D eigenvalue weighted by molar-refractivity contribution is 0.116. The molecule has 0 saturated heterocycles. The summed E-state index contributed by atoms with van der Waals surface area (Å²) in [6, 6.07) is 0. The number of carbonyl (C=O) groups is 1. The van der Waals surface area contributed by atoms with E-state index in [1.54, 1.807) is 0 Å². The van der Waals surface area contributed by atoms with Crippen LogP contribution in [0.1, 0.15) is 32.6 Å². The molecule has 11 heavy (non-hydrogen) atoms. The van der Waals surface area contributed by atoms with Gasteiger partial charge in [0.2, 0.25) is 0 Å². The van der Waals surface area contributed by atoms with Crippen LogP contribution in [0.25, 0.3) is 0 Å². The fraction of sp³-hybridized carbons (Fsp3) is 0.625. The molecule has 0 unspecified atom stereocenters. The van der Waals surface area contributed by atoms with E-state index in [1.165, 1.54) is 0 Å². The maximum absolute atomic E-state index is 9.96. The molecule has 0 spiro atoms. The van der Waals surface area contributed by atoms with Crippen LogP contribution in [-0.4, -0.2) is 11.3 Å². The van der Waals surface area contributed by atoms with Crippen LogP contribution in [0.3, 0.4) is 0 Å². The highest BCUT2D eigenvalue weighted by Crippen LogP contribution is 2.07. The minimum absolute atomic E-state index is 0.339. The van der Waals surface area contributed by atoms with Gasteiger partial charge in [-0.2, -0.15) is 0 Å². The Morgan fingerprint density at radius 2 is 2.18 bits per heavy atom. The summed E-state index contributed by atoms with van der Waals surface area (Å²) >= 11 is 0. The summed E-state index contributed by atoms with van der Waals surface area (Å²) in [6.07, 6.45) is 2.51. The number of rotatable bonds is 5. The van der Waals surface area contributed by atoms with E-state index in [1.807, 2.05) is 0 Å². The topological polar surface area (TPSA) is 46.5 Å². The second-order valence-corrected chi connectivity index (χ2v) is 2.36. The molecule has 0 fully saturated rings. The smallest absolute Gasteiger partial charge is 0.449 e. The molecule has 0 aliphatic carbocycles. The molecule has 0 aromatic rings. The van der Waals surface area contributed by atoms with E-state index in [9.17, 15) is 4.79 Å². The molecule has 0 aromatic heterocycles. The predicted octanol–water partition coefficient (Wildman–Crippen LogP) is 2.78. The van der Waals surface area contributed by atoms with Gasteiger partial charge in [-0.3, -0.25) is 0 Å². The van der Waals surface area contributed by atoms with Crippen molar-refractivity contribution in [2.24, 2.45) is 0 Å². The fourth-order valence-electron chi connectivity index (χ4n) is 0.747. The third kappa shape index (κ3) is 6.90. The minimum atomic E-state index is -1.27. The molecule has 0 aromatic carbocycles. The molecule has 3 nitrogen and oxygen atoms in total. The van der Waals surface area contributed by atoms with Gasteiger partial charge in [0.25, 0.3) is 0 Å². The quantitative estimate of drug-likeness (QED) is 0.380. The Bertz CT molecular complexity index is 140. The molecule has 0 atom stereocenters. The van der Waals surface area contributed by atoms with Gasteiger partial charge in [-0.25, -0.2) is 4.79 Å². The van der Waals surface area contributed by atoms with E-state index in [-0.39, 0.29) is 0 Å². The number of hydrogen-bond acceptors (Lipinski definition) is 2. The van der Waals surface area contributed by atoms with Gasteiger partial charge >= 0.3 is 6.16 Å². The second-order valence-electron chi connectivity index (χ2n) is 2.36. The summed E-state index contributed by atoms with van der Waals surface area (Å²) in [5, 5.41) is 8.16. The highest BCUT2D eigenvalue weighted by atomic mass is 16.7.